The van der Waals surface area contributed by atoms with Crippen LogP contribution < -0.4 is 8.67 Å². The van der Waals surface area contributed by atoms with E-state index >= 15 is 0 Å². The summed E-state index contributed by atoms with van der Waals surface area (Å²) in [6, 6.07) is 1.30. The SMILES string of the molecule is CC(C)N(C(C)C)p1n([Si](C)(C)C)p1N([Si](C)(C)C)[Si](C)(C)C. The van der Waals surface area contributed by atoms with E-state index in [0.29, 0.717) is 12.1 Å². The number of hydrogen-bond acceptors (Lipinski definition) is 2. The number of rotatable bonds is 7. The quantitative estimate of drug-likeness (QED) is 0.476. The van der Waals surface area contributed by atoms with Crippen molar-refractivity contribution in [3.63, 3.8) is 0 Å². The van der Waals surface area contributed by atoms with Crippen LogP contribution in [-0.2, 0) is 0 Å². The lowest BCUT2D eigenvalue weighted by atomic mass is 10.3. The maximum absolute atomic E-state index is 3.12. The van der Waals surface area contributed by atoms with Gasteiger partial charge in [-0.1, -0.05) is 58.9 Å². The Balaban J connectivity index is 3.53. The monoisotopic (exact) mass is 409 g/mol. The van der Waals surface area contributed by atoms with Gasteiger partial charge in [0, 0.05) is 12.1 Å². The van der Waals surface area contributed by atoms with E-state index in [4.69, 9.17) is 0 Å². The van der Waals surface area contributed by atoms with Crippen LogP contribution in [0.2, 0.25) is 58.9 Å². The molecule has 1 heterocycles. The number of nitrogens with zero attached hydrogens (tertiary/aromatic N) is 3. The lowest BCUT2D eigenvalue weighted by Crippen LogP contribution is -2.57. The molecule has 0 aliphatic rings. The molecule has 1 aromatic heterocycles. The third kappa shape index (κ3) is 5.00. The minimum absolute atomic E-state index is 0.0666. The molecular weight excluding hydrogens is 368 g/mol. The highest BCUT2D eigenvalue weighted by Gasteiger charge is 2.47. The molecule has 23 heavy (non-hydrogen) atoms. The minimum Gasteiger partial charge on any atom is -0.318 e. The fourth-order valence-corrected chi connectivity index (χ4v) is 40.4. The average Bonchev–Trinajstić information content (AvgIpc) is 2.85. The third-order valence-electron chi connectivity index (χ3n) is 3.78. The molecule has 1 rings (SSSR count). The summed E-state index contributed by atoms with van der Waals surface area (Å²) in [5, 5.41) is 0. The van der Waals surface area contributed by atoms with E-state index in [1.807, 2.05) is 0 Å². The highest BCUT2D eigenvalue weighted by atomic mass is 31.9. The first kappa shape index (κ1) is 22.0. The Morgan fingerprint density at radius 2 is 1.00 bits per heavy atom. The average molecular weight is 410 g/mol. The summed E-state index contributed by atoms with van der Waals surface area (Å²) >= 11 is 0. The molecule has 0 aliphatic heterocycles. The van der Waals surface area contributed by atoms with Crippen molar-refractivity contribution in [3.05, 3.63) is 0 Å². The molecule has 0 radical (unpaired) electrons. The zero-order chi connectivity index (χ0) is 18.5. The highest BCUT2D eigenvalue weighted by Crippen LogP contribution is 2.70. The minimum atomic E-state index is -1.31. The van der Waals surface area contributed by atoms with Crippen LogP contribution >= 0.6 is 15.0 Å². The largest absolute Gasteiger partial charge is 0.318 e. The molecule has 0 amide bonds. The Morgan fingerprint density at radius 1 is 0.652 bits per heavy atom. The van der Waals surface area contributed by atoms with Gasteiger partial charge in [-0.3, -0.25) is 4.00 Å². The Morgan fingerprint density at radius 3 is 1.22 bits per heavy atom. The molecule has 1 aromatic rings. The van der Waals surface area contributed by atoms with Crippen molar-refractivity contribution in [2.75, 3.05) is 8.67 Å². The molecule has 2 unspecified atom stereocenters. The molecule has 0 saturated heterocycles. The predicted octanol–water partition coefficient (Wildman–Crippen LogP) is 6.51. The standard InChI is InChI=1S/C15H41N3P2Si3/c1-14(2)16(15(3)4)19-17(21(5,6)7)20(19)18(22(8,9)10)23(11,12)13/h14-15H,1-13H3. The van der Waals surface area contributed by atoms with E-state index in [9.17, 15) is 0 Å². The van der Waals surface area contributed by atoms with Gasteiger partial charge in [0.2, 0.25) is 0 Å². The summed E-state index contributed by atoms with van der Waals surface area (Å²) in [4.78, 5) is 0. The predicted molar refractivity (Wildman–Crippen MR) is 122 cm³/mol. The highest BCUT2D eigenvalue weighted by molar-refractivity contribution is 8.20. The van der Waals surface area contributed by atoms with Gasteiger partial charge in [-0.2, -0.15) is 0 Å². The van der Waals surface area contributed by atoms with Gasteiger partial charge in [-0.15, -0.1) is 0 Å². The number of hydrogen-bond donors (Lipinski definition) is 0. The zero-order valence-corrected chi connectivity index (χ0v) is 22.7. The van der Waals surface area contributed by atoms with Crippen molar-refractivity contribution in [3.8, 4) is 0 Å². The summed E-state index contributed by atoms with van der Waals surface area (Å²) in [6.45, 7) is 32.6. The maximum Gasteiger partial charge on any atom is 0.164 e. The van der Waals surface area contributed by atoms with Gasteiger partial charge >= 0.3 is 0 Å². The van der Waals surface area contributed by atoms with Crippen LogP contribution in [0.5, 0.6) is 0 Å². The lowest BCUT2D eigenvalue weighted by molar-refractivity contribution is 0.651. The van der Waals surface area contributed by atoms with Crippen LogP contribution in [0.3, 0.4) is 0 Å². The van der Waals surface area contributed by atoms with Crippen LogP contribution in [0.1, 0.15) is 27.7 Å². The molecule has 0 aromatic carbocycles. The molecule has 0 saturated carbocycles. The third-order valence-corrected chi connectivity index (χ3v) is 29.1. The van der Waals surface area contributed by atoms with Gasteiger partial charge in [0.25, 0.3) is 0 Å². The van der Waals surface area contributed by atoms with E-state index in [0.717, 1.165) is 0 Å². The molecule has 0 bridgehead atoms. The van der Waals surface area contributed by atoms with Crippen LogP contribution in [-0.4, -0.2) is 40.5 Å². The summed E-state index contributed by atoms with van der Waals surface area (Å²) in [5.41, 5.74) is 0. The van der Waals surface area contributed by atoms with E-state index in [-0.39, 0.29) is 15.0 Å². The van der Waals surface area contributed by atoms with Gasteiger partial charge in [0.05, 0.1) is 15.0 Å². The van der Waals surface area contributed by atoms with Gasteiger partial charge in [0.15, 0.2) is 8.24 Å². The van der Waals surface area contributed by atoms with Gasteiger partial charge in [-0.25, -0.2) is 4.67 Å². The van der Waals surface area contributed by atoms with Crippen LogP contribution in [0.25, 0.3) is 0 Å². The van der Waals surface area contributed by atoms with Crippen molar-refractivity contribution in [1.82, 2.24) is 3.76 Å². The lowest BCUT2D eigenvalue weighted by Gasteiger charge is -2.41. The smallest absolute Gasteiger partial charge is 0.164 e. The zero-order valence-electron chi connectivity index (χ0n) is 17.9. The van der Waals surface area contributed by atoms with Crippen molar-refractivity contribution in [1.29, 1.82) is 0 Å². The second-order valence-electron chi connectivity index (χ2n) is 10.2. The summed E-state index contributed by atoms with van der Waals surface area (Å²) in [5.74, 6) is 0. The van der Waals surface area contributed by atoms with Crippen LogP contribution in [0.15, 0.2) is 0 Å². The molecule has 0 fully saturated rings. The van der Waals surface area contributed by atoms with Crippen molar-refractivity contribution >= 4 is 39.7 Å². The second kappa shape index (κ2) is 6.94. The first-order valence-corrected chi connectivity index (χ1v) is 22.5. The Bertz CT molecular complexity index is 488. The molecule has 138 valence electrons. The molecular formula is C15H41N3P2Si3. The maximum atomic E-state index is 3.12. The van der Waals surface area contributed by atoms with E-state index in [1.54, 1.807) is 0 Å². The first-order chi connectivity index (χ1) is 10.0. The Labute approximate surface area is 150 Å². The van der Waals surface area contributed by atoms with Crippen molar-refractivity contribution in [2.45, 2.75) is 98.7 Å². The topological polar surface area (TPSA) is 11.4 Å². The van der Waals surface area contributed by atoms with Crippen molar-refractivity contribution in [2.24, 2.45) is 0 Å². The van der Waals surface area contributed by atoms with Crippen molar-refractivity contribution < 1.29 is 0 Å². The van der Waals surface area contributed by atoms with E-state index < -0.39 is 24.7 Å². The molecule has 3 nitrogen and oxygen atoms in total. The molecule has 8 heteroatoms. The number of aromatic nitrogens is 1. The Kier molecular flexibility index (Phi) is 6.64. The first-order valence-electron chi connectivity index (χ1n) is 9.00. The Hall–Kier alpha value is 0.971. The molecule has 0 spiro atoms. The van der Waals surface area contributed by atoms with Gasteiger partial charge in [-0.05, 0) is 27.7 Å². The van der Waals surface area contributed by atoms with Gasteiger partial charge in [0.1, 0.15) is 16.5 Å². The summed E-state index contributed by atoms with van der Waals surface area (Å²) in [6.07, 6.45) is 0. The summed E-state index contributed by atoms with van der Waals surface area (Å²) < 4.78 is 9.01. The summed E-state index contributed by atoms with van der Waals surface area (Å²) in [7, 11) is -4.04. The van der Waals surface area contributed by atoms with Crippen LogP contribution in [0.4, 0.5) is 0 Å². The van der Waals surface area contributed by atoms with E-state index in [2.05, 4.69) is 99.0 Å². The molecule has 0 N–H and O–H groups in total. The second-order valence-corrected chi connectivity index (χ2v) is 31.7. The fourth-order valence-electron chi connectivity index (χ4n) is 3.56. The normalized spacial score (nSPS) is 16.6. The fraction of sp³-hybridized carbons (Fsp3) is 1.00. The molecule has 2 atom stereocenters. The molecule has 0 aliphatic carbocycles. The van der Waals surface area contributed by atoms with Gasteiger partial charge < -0.3 is 3.76 Å². The van der Waals surface area contributed by atoms with E-state index in [1.165, 1.54) is 0 Å². The van der Waals surface area contributed by atoms with Crippen LogP contribution in [0, 0.1) is 0 Å².